The van der Waals surface area contributed by atoms with Crippen molar-refractivity contribution in [3.05, 3.63) is 99.0 Å². The zero-order valence-electron chi connectivity index (χ0n) is 20.4. The number of nitrogens with one attached hydrogen (secondary N) is 1. The molecule has 1 amide bonds. The molecule has 0 spiro atoms. The minimum Gasteiger partial charge on any atom is -0.369 e. The van der Waals surface area contributed by atoms with Gasteiger partial charge >= 0.3 is 0 Å². The molecule has 4 nitrogen and oxygen atoms in total. The number of carbonyl (C=O) groups is 1. The summed E-state index contributed by atoms with van der Waals surface area (Å²) in [6.07, 6.45) is 0.908. The molecule has 1 atom stereocenters. The van der Waals surface area contributed by atoms with E-state index in [9.17, 15) is 4.79 Å². The Morgan fingerprint density at radius 3 is 2.40 bits per heavy atom. The van der Waals surface area contributed by atoms with Crippen LogP contribution in [0.15, 0.2) is 66.7 Å². The van der Waals surface area contributed by atoms with Crippen molar-refractivity contribution in [2.45, 2.75) is 26.2 Å². The number of anilines is 1. The molecule has 0 radical (unpaired) electrons. The summed E-state index contributed by atoms with van der Waals surface area (Å²) in [7, 11) is 0. The van der Waals surface area contributed by atoms with Crippen LogP contribution in [-0.4, -0.2) is 50.1 Å². The van der Waals surface area contributed by atoms with E-state index in [4.69, 9.17) is 23.2 Å². The van der Waals surface area contributed by atoms with Crippen LogP contribution in [0.1, 0.15) is 34.6 Å². The third kappa shape index (κ3) is 6.58. The van der Waals surface area contributed by atoms with Gasteiger partial charge < -0.3 is 10.2 Å². The number of rotatable bonds is 8. The van der Waals surface area contributed by atoms with Gasteiger partial charge in [0.15, 0.2) is 0 Å². The van der Waals surface area contributed by atoms with E-state index >= 15 is 0 Å². The fourth-order valence-electron chi connectivity index (χ4n) is 4.74. The maximum atomic E-state index is 13.3. The predicted octanol–water partition coefficient (Wildman–Crippen LogP) is 6.07. The van der Waals surface area contributed by atoms with Gasteiger partial charge in [-0.3, -0.25) is 9.69 Å². The fourth-order valence-corrected chi connectivity index (χ4v) is 5.26. The second-order valence-corrected chi connectivity index (χ2v) is 10.1. The van der Waals surface area contributed by atoms with Gasteiger partial charge in [0, 0.05) is 48.5 Å². The van der Waals surface area contributed by atoms with Crippen molar-refractivity contribution in [3.63, 3.8) is 0 Å². The summed E-state index contributed by atoms with van der Waals surface area (Å²) >= 11 is 12.6. The summed E-state index contributed by atoms with van der Waals surface area (Å²) in [6, 6.07) is 21.7. The van der Waals surface area contributed by atoms with Crippen LogP contribution in [0.4, 0.5) is 5.69 Å². The number of halogens is 2. The molecule has 1 aliphatic rings. The molecule has 0 saturated carbocycles. The van der Waals surface area contributed by atoms with Crippen LogP contribution in [0.3, 0.4) is 0 Å². The standard InChI is InChI=1S/C29H33Cl2N3O/c1-21-9-10-22(2)27(19-21)34-17-15-33(16-18-34)14-6-13-32-29(35)28(23-7-4-3-5-8-23)25-12-11-24(30)20-26(25)31/h3-5,7-12,19-20,28H,6,13-18H2,1-2H3,(H,32,35). The number of carbonyl (C=O) groups excluding carboxylic acids is 1. The quantitative estimate of drug-likeness (QED) is 0.374. The molecule has 4 rings (SSSR count). The second-order valence-electron chi connectivity index (χ2n) is 9.27. The minimum absolute atomic E-state index is 0.0415. The SMILES string of the molecule is Cc1ccc(C)c(N2CCN(CCCNC(=O)C(c3ccccc3)c3ccc(Cl)cc3Cl)CC2)c1. The van der Waals surface area contributed by atoms with Crippen LogP contribution in [0.5, 0.6) is 0 Å². The van der Waals surface area contributed by atoms with E-state index in [1.807, 2.05) is 36.4 Å². The summed E-state index contributed by atoms with van der Waals surface area (Å²) < 4.78 is 0. The summed E-state index contributed by atoms with van der Waals surface area (Å²) in [6.45, 7) is 10.1. The highest BCUT2D eigenvalue weighted by Gasteiger charge is 2.25. The van der Waals surface area contributed by atoms with E-state index in [2.05, 4.69) is 47.2 Å². The Labute approximate surface area is 218 Å². The Hall–Kier alpha value is -2.53. The van der Waals surface area contributed by atoms with Crippen molar-refractivity contribution in [1.29, 1.82) is 0 Å². The lowest BCUT2D eigenvalue weighted by Crippen LogP contribution is -2.47. The topological polar surface area (TPSA) is 35.6 Å². The van der Waals surface area contributed by atoms with Crippen molar-refractivity contribution in [3.8, 4) is 0 Å². The van der Waals surface area contributed by atoms with Crippen LogP contribution in [0, 0.1) is 13.8 Å². The fraction of sp³-hybridized carbons (Fsp3) is 0.345. The molecule has 3 aromatic carbocycles. The van der Waals surface area contributed by atoms with E-state index in [1.54, 1.807) is 12.1 Å². The number of amides is 1. The lowest BCUT2D eigenvalue weighted by molar-refractivity contribution is -0.121. The Morgan fingerprint density at radius 1 is 0.943 bits per heavy atom. The van der Waals surface area contributed by atoms with Gasteiger partial charge in [-0.05, 0) is 67.3 Å². The molecule has 35 heavy (non-hydrogen) atoms. The van der Waals surface area contributed by atoms with Gasteiger partial charge in [0.1, 0.15) is 0 Å². The Balaban J connectivity index is 1.30. The van der Waals surface area contributed by atoms with E-state index in [0.29, 0.717) is 16.6 Å². The monoisotopic (exact) mass is 509 g/mol. The first-order valence-corrected chi connectivity index (χ1v) is 13.0. The molecule has 0 bridgehead atoms. The van der Waals surface area contributed by atoms with Crippen LogP contribution in [0.25, 0.3) is 0 Å². The molecular formula is C29H33Cl2N3O. The summed E-state index contributed by atoms with van der Waals surface area (Å²) in [5.74, 6) is -0.512. The molecule has 3 aromatic rings. The zero-order valence-corrected chi connectivity index (χ0v) is 21.9. The maximum Gasteiger partial charge on any atom is 0.232 e. The van der Waals surface area contributed by atoms with E-state index < -0.39 is 5.92 Å². The average Bonchev–Trinajstić information content (AvgIpc) is 2.86. The molecular weight excluding hydrogens is 477 g/mol. The van der Waals surface area contributed by atoms with Crippen molar-refractivity contribution < 1.29 is 4.79 Å². The number of hydrogen-bond donors (Lipinski definition) is 1. The van der Waals surface area contributed by atoms with Crippen LogP contribution >= 0.6 is 23.2 Å². The minimum atomic E-state index is -0.470. The second kappa shape index (κ2) is 11.9. The molecule has 1 fully saturated rings. The molecule has 0 aromatic heterocycles. The molecule has 1 saturated heterocycles. The highest BCUT2D eigenvalue weighted by molar-refractivity contribution is 6.35. The molecule has 0 aliphatic carbocycles. The van der Waals surface area contributed by atoms with Crippen LogP contribution in [0.2, 0.25) is 10.0 Å². The molecule has 1 heterocycles. The number of hydrogen-bond acceptors (Lipinski definition) is 3. The van der Waals surface area contributed by atoms with E-state index in [-0.39, 0.29) is 5.91 Å². The highest BCUT2D eigenvalue weighted by atomic mass is 35.5. The summed E-state index contributed by atoms with van der Waals surface area (Å²) in [5.41, 5.74) is 5.67. The van der Waals surface area contributed by atoms with E-state index in [0.717, 1.165) is 50.3 Å². The zero-order chi connectivity index (χ0) is 24.8. The van der Waals surface area contributed by atoms with E-state index in [1.165, 1.54) is 16.8 Å². The third-order valence-corrected chi connectivity index (χ3v) is 7.26. The van der Waals surface area contributed by atoms with Gasteiger partial charge in [0.05, 0.1) is 5.92 Å². The lowest BCUT2D eigenvalue weighted by Gasteiger charge is -2.37. The smallest absolute Gasteiger partial charge is 0.232 e. The highest BCUT2D eigenvalue weighted by Crippen LogP contribution is 2.32. The van der Waals surface area contributed by atoms with Gasteiger partial charge in [-0.2, -0.15) is 0 Å². The number of aryl methyl sites for hydroxylation is 2. The molecule has 1 unspecified atom stereocenters. The summed E-state index contributed by atoms with van der Waals surface area (Å²) in [5, 5.41) is 4.20. The number of nitrogens with zero attached hydrogens (tertiary/aromatic N) is 2. The van der Waals surface area contributed by atoms with Crippen LogP contribution in [-0.2, 0) is 4.79 Å². The molecule has 184 valence electrons. The van der Waals surface area contributed by atoms with Crippen LogP contribution < -0.4 is 10.2 Å². The largest absolute Gasteiger partial charge is 0.369 e. The van der Waals surface area contributed by atoms with Gasteiger partial charge in [0.2, 0.25) is 5.91 Å². The van der Waals surface area contributed by atoms with Crippen molar-refractivity contribution in [2.24, 2.45) is 0 Å². The molecule has 1 aliphatic heterocycles. The normalized spacial score (nSPS) is 15.1. The Morgan fingerprint density at radius 2 is 1.69 bits per heavy atom. The maximum absolute atomic E-state index is 13.3. The first kappa shape index (κ1) is 25.6. The first-order chi connectivity index (χ1) is 16.9. The average molecular weight is 511 g/mol. The number of benzene rings is 3. The Kier molecular flexibility index (Phi) is 8.72. The first-order valence-electron chi connectivity index (χ1n) is 12.2. The van der Waals surface area contributed by atoms with Crippen molar-refractivity contribution in [1.82, 2.24) is 10.2 Å². The van der Waals surface area contributed by atoms with Gasteiger partial charge in [-0.1, -0.05) is 71.7 Å². The van der Waals surface area contributed by atoms with Gasteiger partial charge in [-0.15, -0.1) is 0 Å². The van der Waals surface area contributed by atoms with Crippen molar-refractivity contribution >= 4 is 34.8 Å². The predicted molar refractivity (Wildman–Crippen MR) is 147 cm³/mol. The van der Waals surface area contributed by atoms with Gasteiger partial charge in [0.25, 0.3) is 0 Å². The third-order valence-electron chi connectivity index (χ3n) is 6.70. The van der Waals surface area contributed by atoms with Gasteiger partial charge in [-0.25, -0.2) is 0 Å². The molecule has 1 N–H and O–H groups in total. The summed E-state index contributed by atoms with van der Waals surface area (Å²) in [4.78, 5) is 18.2. The van der Waals surface area contributed by atoms with Crippen molar-refractivity contribution in [2.75, 3.05) is 44.2 Å². The number of piperazine rings is 1. The lowest BCUT2D eigenvalue weighted by atomic mass is 9.90. The Bertz CT molecular complexity index is 1140. The molecule has 6 heteroatoms.